The highest BCUT2D eigenvalue weighted by molar-refractivity contribution is 5.96. The van der Waals surface area contributed by atoms with Gasteiger partial charge in [0.25, 0.3) is 5.91 Å². The predicted molar refractivity (Wildman–Crippen MR) is 83.5 cm³/mol. The van der Waals surface area contributed by atoms with E-state index in [4.69, 9.17) is 11.0 Å². The maximum atomic E-state index is 12.6. The number of rotatable bonds is 4. The molecule has 21 heavy (non-hydrogen) atoms. The van der Waals surface area contributed by atoms with E-state index in [2.05, 4.69) is 17.9 Å². The van der Waals surface area contributed by atoms with E-state index < -0.39 is 0 Å². The van der Waals surface area contributed by atoms with E-state index in [1.165, 1.54) is 0 Å². The number of nitrogens with zero attached hydrogens (tertiary/aromatic N) is 2. The van der Waals surface area contributed by atoms with Crippen LogP contribution in [-0.4, -0.2) is 30.4 Å². The minimum absolute atomic E-state index is 0.0616. The molecule has 0 saturated heterocycles. The molecule has 4 heteroatoms. The lowest BCUT2D eigenvalue weighted by Gasteiger charge is -2.23. The van der Waals surface area contributed by atoms with E-state index in [1.807, 2.05) is 32.9 Å². The van der Waals surface area contributed by atoms with Gasteiger partial charge in [0.1, 0.15) is 0 Å². The number of benzene rings is 1. The summed E-state index contributed by atoms with van der Waals surface area (Å²) >= 11 is 0. The fourth-order valence-electron chi connectivity index (χ4n) is 1.98. The van der Waals surface area contributed by atoms with Crippen molar-refractivity contribution in [2.24, 2.45) is 11.7 Å². The Morgan fingerprint density at radius 1 is 1.48 bits per heavy atom. The van der Waals surface area contributed by atoms with Crippen molar-refractivity contribution in [3.8, 4) is 17.9 Å². The normalized spacial score (nSPS) is 11.0. The molecule has 0 heterocycles. The lowest BCUT2D eigenvalue weighted by molar-refractivity contribution is 0.0752. The Bertz CT molecular complexity index is 605. The Labute approximate surface area is 126 Å². The van der Waals surface area contributed by atoms with Crippen LogP contribution in [0.2, 0.25) is 0 Å². The molecule has 4 nitrogen and oxygen atoms in total. The van der Waals surface area contributed by atoms with Crippen molar-refractivity contribution in [2.75, 3.05) is 19.6 Å². The van der Waals surface area contributed by atoms with E-state index in [9.17, 15) is 4.79 Å². The minimum Gasteiger partial charge on any atom is -0.338 e. The molecular formula is C17H21N3O. The molecular weight excluding hydrogens is 262 g/mol. The van der Waals surface area contributed by atoms with Crippen LogP contribution >= 0.6 is 0 Å². The van der Waals surface area contributed by atoms with E-state index in [0.717, 1.165) is 11.1 Å². The quantitative estimate of drug-likeness (QED) is 0.858. The second-order valence-corrected chi connectivity index (χ2v) is 4.91. The molecule has 1 aromatic rings. The number of hydrogen-bond acceptors (Lipinski definition) is 3. The molecule has 0 fully saturated rings. The van der Waals surface area contributed by atoms with Crippen LogP contribution < -0.4 is 5.73 Å². The van der Waals surface area contributed by atoms with Gasteiger partial charge in [-0.1, -0.05) is 17.9 Å². The smallest absolute Gasteiger partial charge is 0.254 e. The summed E-state index contributed by atoms with van der Waals surface area (Å²) in [5.41, 5.74) is 7.68. The molecule has 0 aliphatic carbocycles. The van der Waals surface area contributed by atoms with Crippen LogP contribution in [0.25, 0.3) is 0 Å². The standard InChI is InChI=1S/C17H21N3O/c1-4-20(12-13(2)11-19)17(21)16-10-15(6-5-9-18)8-7-14(16)3/h7-8,10,13H,4,9,12,18H2,1-3H3. The third kappa shape index (κ3) is 4.63. The molecule has 2 N–H and O–H groups in total. The summed E-state index contributed by atoms with van der Waals surface area (Å²) in [4.78, 5) is 14.3. The van der Waals surface area contributed by atoms with Crippen LogP contribution in [0.5, 0.6) is 0 Å². The largest absolute Gasteiger partial charge is 0.338 e. The topological polar surface area (TPSA) is 70.1 Å². The first-order valence-corrected chi connectivity index (χ1v) is 7.02. The number of carbonyl (C=O) groups excluding carboxylic acids is 1. The van der Waals surface area contributed by atoms with Crippen molar-refractivity contribution < 1.29 is 4.79 Å². The van der Waals surface area contributed by atoms with Gasteiger partial charge in [-0.2, -0.15) is 5.26 Å². The second kappa shape index (κ2) is 8.09. The summed E-state index contributed by atoms with van der Waals surface area (Å²) in [6, 6.07) is 7.71. The highest BCUT2D eigenvalue weighted by atomic mass is 16.2. The average Bonchev–Trinajstić information content (AvgIpc) is 2.50. The van der Waals surface area contributed by atoms with Crippen LogP contribution in [0.1, 0.15) is 35.3 Å². The molecule has 0 aliphatic rings. The molecule has 0 aliphatic heterocycles. The number of carbonyl (C=O) groups is 1. The first-order chi connectivity index (χ1) is 10.0. The lowest BCUT2D eigenvalue weighted by Crippen LogP contribution is -2.34. The zero-order valence-corrected chi connectivity index (χ0v) is 12.8. The van der Waals surface area contributed by atoms with Crippen LogP contribution in [0.4, 0.5) is 0 Å². The molecule has 0 aromatic heterocycles. The van der Waals surface area contributed by atoms with E-state index in [-0.39, 0.29) is 18.4 Å². The summed E-state index contributed by atoms with van der Waals surface area (Å²) in [7, 11) is 0. The predicted octanol–water partition coefficient (Wildman–Crippen LogP) is 1.93. The Hall–Kier alpha value is -2.30. The number of nitriles is 1. The second-order valence-electron chi connectivity index (χ2n) is 4.91. The van der Waals surface area contributed by atoms with E-state index in [0.29, 0.717) is 18.7 Å². The highest BCUT2D eigenvalue weighted by Gasteiger charge is 2.18. The summed E-state index contributed by atoms with van der Waals surface area (Å²) in [5.74, 6) is 5.47. The molecule has 1 unspecified atom stereocenters. The van der Waals surface area contributed by atoms with Crippen LogP contribution in [0.3, 0.4) is 0 Å². The molecule has 0 saturated carbocycles. The average molecular weight is 283 g/mol. The molecule has 110 valence electrons. The molecule has 0 bridgehead atoms. The Balaban J connectivity index is 3.07. The van der Waals surface area contributed by atoms with Gasteiger partial charge in [0.15, 0.2) is 0 Å². The highest BCUT2D eigenvalue weighted by Crippen LogP contribution is 2.14. The zero-order chi connectivity index (χ0) is 15.8. The third-order valence-corrected chi connectivity index (χ3v) is 3.19. The SMILES string of the molecule is CCN(CC(C)C#N)C(=O)c1cc(C#CCN)ccc1C. The van der Waals surface area contributed by atoms with Gasteiger partial charge in [-0.15, -0.1) is 0 Å². The van der Waals surface area contributed by atoms with Crippen molar-refractivity contribution >= 4 is 5.91 Å². The Morgan fingerprint density at radius 3 is 2.76 bits per heavy atom. The van der Waals surface area contributed by atoms with Crippen LogP contribution in [-0.2, 0) is 0 Å². The monoisotopic (exact) mass is 283 g/mol. The van der Waals surface area contributed by atoms with Gasteiger partial charge in [-0.05, 0) is 38.5 Å². The molecule has 0 spiro atoms. The summed E-state index contributed by atoms with van der Waals surface area (Å²) < 4.78 is 0. The number of amides is 1. The number of nitrogens with two attached hydrogens (primary N) is 1. The van der Waals surface area contributed by atoms with Crippen molar-refractivity contribution in [1.29, 1.82) is 5.26 Å². The molecule has 1 rings (SSSR count). The molecule has 1 amide bonds. The summed E-state index contributed by atoms with van der Waals surface area (Å²) in [6.45, 7) is 6.92. The molecule has 0 radical (unpaired) electrons. The van der Waals surface area contributed by atoms with Gasteiger partial charge in [0.2, 0.25) is 0 Å². The first kappa shape index (κ1) is 16.8. The lowest BCUT2D eigenvalue weighted by atomic mass is 10.0. The van der Waals surface area contributed by atoms with E-state index >= 15 is 0 Å². The fraction of sp³-hybridized carbons (Fsp3) is 0.412. The Kier molecular flexibility index (Phi) is 6.46. The van der Waals surface area contributed by atoms with Crippen molar-refractivity contribution in [2.45, 2.75) is 20.8 Å². The van der Waals surface area contributed by atoms with Crippen molar-refractivity contribution in [3.63, 3.8) is 0 Å². The maximum absolute atomic E-state index is 12.6. The van der Waals surface area contributed by atoms with Gasteiger partial charge < -0.3 is 10.6 Å². The van der Waals surface area contributed by atoms with Gasteiger partial charge in [-0.3, -0.25) is 4.79 Å². The van der Waals surface area contributed by atoms with Crippen LogP contribution in [0.15, 0.2) is 18.2 Å². The van der Waals surface area contributed by atoms with Crippen molar-refractivity contribution in [3.05, 3.63) is 34.9 Å². The zero-order valence-electron chi connectivity index (χ0n) is 12.8. The molecule has 1 atom stereocenters. The number of hydrogen-bond donors (Lipinski definition) is 1. The maximum Gasteiger partial charge on any atom is 0.254 e. The van der Waals surface area contributed by atoms with Gasteiger partial charge in [0.05, 0.1) is 18.5 Å². The van der Waals surface area contributed by atoms with Gasteiger partial charge in [0, 0.05) is 24.2 Å². The summed E-state index contributed by atoms with van der Waals surface area (Å²) in [5, 5.41) is 8.91. The van der Waals surface area contributed by atoms with Crippen LogP contribution in [0, 0.1) is 36.0 Å². The third-order valence-electron chi connectivity index (χ3n) is 3.19. The fourth-order valence-corrected chi connectivity index (χ4v) is 1.98. The minimum atomic E-state index is -0.186. The number of aryl methyl sites for hydroxylation is 1. The first-order valence-electron chi connectivity index (χ1n) is 7.02. The van der Waals surface area contributed by atoms with Gasteiger partial charge in [-0.25, -0.2) is 0 Å². The van der Waals surface area contributed by atoms with Gasteiger partial charge >= 0.3 is 0 Å². The molecule has 1 aromatic carbocycles. The summed E-state index contributed by atoms with van der Waals surface area (Å²) in [6.07, 6.45) is 0. The van der Waals surface area contributed by atoms with Crippen molar-refractivity contribution in [1.82, 2.24) is 4.90 Å². The Morgan fingerprint density at radius 2 is 2.19 bits per heavy atom. The van der Waals surface area contributed by atoms with E-state index in [1.54, 1.807) is 11.0 Å².